The first-order valence-corrected chi connectivity index (χ1v) is 9.14. The molecule has 1 aromatic carbocycles. The van der Waals surface area contributed by atoms with Crippen LogP contribution in [0.15, 0.2) is 24.3 Å². The van der Waals surface area contributed by atoms with E-state index in [2.05, 4.69) is 16.1 Å². The predicted molar refractivity (Wildman–Crippen MR) is 83.1 cm³/mol. The molecule has 5 nitrogen and oxygen atoms in total. The minimum absolute atomic E-state index is 0.467. The molecule has 116 valence electrons. The molecular formula is C15H23N3O2S. The normalized spacial score (nSPS) is 23.1. The second kappa shape index (κ2) is 6.44. The van der Waals surface area contributed by atoms with Gasteiger partial charge in [-0.25, -0.2) is 4.72 Å². The maximum atomic E-state index is 12.4. The van der Waals surface area contributed by atoms with Gasteiger partial charge in [0, 0.05) is 25.7 Å². The van der Waals surface area contributed by atoms with Crippen molar-refractivity contribution in [2.75, 3.05) is 19.6 Å². The molecule has 21 heavy (non-hydrogen) atoms. The largest absolute Gasteiger partial charge is 0.314 e. The van der Waals surface area contributed by atoms with Gasteiger partial charge in [0.05, 0.1) is 0 Å². The van der Waals surface area contributed by atoms with E-state index in [1.165, 1.54) is 12.0 Å². The molecule has 0 radical (unpaired) electrons. The van der Waals surface area contributed by atoms with Crippen LogP contribution >= 0.6 is 0 Å². The number of hydrogen-bond acceptors (Lipinski definition) is 3. The molecule has 0 amide bonds. The second-order valence-electron chi connectivity index (χ2n) is 5.83. The van der Waals surface area contributed by atoms with Gasteiger partial charge in [-0.2, -0.15) is 12.7 Å². The lowest BCUT2D eigenvalue weighted by Gasteiger charge is -2.28. The monoisotopic (exact) mass is 309 g/mol. The van der Waals surface area contributed by atoms with E-state index in [0.29, 0.717) is 25.7 Å². The molecule has 6 heteroatoms. The summed E-state index contributed by atoms with van der Waals surface area (Å²) in [7, 11) is -3.36. The van der Waals surface area contributed by atoms with Gasteiger partial charge in [0.15, 0.2) is 0 Å². The zero-order chi connectivity index (χ0) is 14.7. The smallest absolute Gasteiger partial charge is 0.279 e. The highest BCUT2D eigenvalue weighted by atomic mass is 32.2. The van der Waals surface area contributed by atoms with Crippen molar-refractivity contribution >= 4 is 10.2 Å². The first-order chi connectivity index (χ1) is 10.1. The van der Waals surface area contributed by atoms with E-state index in [0.717, 1.165) is 31.4 Å². The molecule has 1 atom stereocenters. The average molecular weight is 309 g/mol. The van der Waals surface area contributed by atoms with Crippen molar-refractivity contribution in [1.29, 1.82) is 0 Å². The van der Waals surface area contributed by atoms with Crippen LogP contribution in [-0.4, -0.2) is 38.4 Å². The number of nitrogens with one attached hydrogen (secondary N) is 2. The third kappa shape index (κ3) is 3.63. The Morgan fingerprint density at radius 3 is 2.86 bits per heavy atom. The second-order valence-corrected chi connectivity index (χ2v) is 7.59. The summed E-state index contributed by atoms with van der Waals surface area (Å²) in [6.07, 6.45) is 4.00. The van der Waals surface area contributed by atoms with Crippen LogP contribution in [0.4, 0.5) is 0 Å². The molecule has 2 heterocycles. The highest BCUT2D eigenvalue weighted by Gasteiger charge is 2.26. The fraction of sp³-hybridized carbons (Fsp3) is 0.600. The van der Waals surface area contributed by atoms with Crippen LogP contribution in [0.25, 0.3) is 0 Å². The summed E-state index contributed by atoms with van der Waals surface area (Å²) < 4.78 is 29.0. The van der Waals surface area contributed by atoms with Gasteiger partial charge in [0.1, 0.15) is 0 Å². The van der Waals surface area contributed by atoms with E-state index in [1.807, 2.05) is 18.2 Å². The van der Waals surface area contributed by atoms with E-state index < -0.39 is 10.2 Å². The van der Waals surface area contributed by atoms with E-state index in [4.69, 9.17) is 0 Å². The van der Waals surface area contributed by atoms with E-state index in [9.17, 15) is 8.42 Å². The highest BCUT2D eigenvalue weighted by molar-refractivity contribution is 7.87. The fourth-order valence-electron chi connectivity index (χ4n) is 3.13. The van der Waals surface area contributed by atoms with Crippen molar-refractivity contribution in [2.24, 2.45) is 0 Å². The number of hydrogen-bond donors (Lipinski definition) is 2. The molecule has 2 aliphatic rings. The summed E-state index contributed by atoms with van der Waals surface area (Å²) >= 11 is 0. The van der Waals surface area contributed by atoms with E-state index >= 15 is 0 Å². The zero-order valence-corrected chi connectivity index (χ0v) is 13.0. The molecule has 2 aliphatic heterocycles. The molecule has 0 aliphatic carbocycles. The lowest BCUT2D eigenvalue weighted by Crippen LogP contribution is -2.44. The zero-order valence-electron chi connectivity index (χ0n) is 12.2. The summed E-state index contributed by atoms with van der Waals surface area (Å²) in [6.45, 7) is 2.61. The molecule has 0 bridgehead atoms. The topological polar surface area (TPSA) is 61.4 Å². The molecule has 0 aromatic heterocycles. The van der Waals surface area contributed by atoms with Crippen LogP contribution in [0.3, 0.4) is 0 Å². The van der Waals surface area contributed by atoms with Gasteiger partial charge in [-0.1, -0.05) is 24.3 Å². The quantitative estimate of drug-likeness (QED) is 0.854. The minimum Gasteiger partial charge on any atom is -0.314 e. The van der Waals surface area contributed by atoms with Crippen molar-refractivity contribution < 1.29 is 8.42 Å². The van der Waals surface area contributed by atoms with Crippen molar-refractivity contribution in [3.05, 3.63) is 35.4 Å². The maximum Gasteiger partial charge on any atom is 0.279 e. The number of nitrogens with zero attached hydrogens (tertiary/aromatic N) is 1. The number of benzene rings is 1. The summed E-state index contributed by atoms with van der Waals surface area (Å²) in [5.41, 5.74) is 2.38. The molecule has 0 saturated carbocycles. The van der Waals surface area contributed by atoms with Crippen LogP contribution in [0.2, 0.25) is 0 Å². The molecule has 2 N–H and O–H groups in total. The van der Waals surface area contributed by atoms with Crippen molar-refractivity contribution in [1.82, 2.24) is 14.3 Å². The van der Waals surface area contributed by atoms with Crippen LogP contribution in [0.1, 0.15) is 30.4 Å². The van der Waals surface area contributed by atoms with Gasteiger partial charge in [-0.05, 0) is 43.4 Å². The van der Waals surface area contributed by atoms with Gasteiger partial charge in [0.2, 0.25) is 0 Å². The molecule has 1 unspecified atom stereocenters. The molecular weight excluding hydrogens is 286 g/mol. The Hall–Kier alpha value is -0.950. The summed E-state index contributed by atoms with van der Waals surface area (Å²) in [6, 6.07) is 8.54. The summed E-state index contributed by atoms with van der Waals surface area (Å²) in [5.74, 6) is 0. The Morgan fingerprint density at radius 1 is 1.29 bits per heavy atom. The molecule has 1 fully saturated rings. The summed E-state index contributed by atoms with van der Waals surface area (Å²) in [4.78, 5) is 0. The number of fused-ring (bicyclic) bond motifs is 1. The Kier molecular flexibility index (Phi) is 4.59. The fourth-order valence-corrected chi connectivity index (χ4v) is 4.33. The van der Waals surface area contributed by atoms with Gasteiger partial charge in [-0.3, -0.25) is 0 Å². The lowest BCUT2D eigenvalue weighted by atomic mass is 10.0. The minimum atomic E-state index is -3.36. The summed E-state index contributed by atoms with van der Waals surface area (Å²) in [5, 5.41) is 3.39. The van der Waals surface area contributed by atoms with Crippen molar-refractivity contribution in [3.63, 3.8) is 0 Å². The van der Waals surface area contributed by atoms with Gasteiger partial charge >= 0.3 is 0 Å². The van der Waals surface area contributed by atoms with Gasteiger partial charge in [0.25, 0.3) is 10.2 Å². The first-order valence-electron chi connectivity index (χ1n) is 7.70. The Morgan fingerprint density at radius 2 is 2.10 bits per heavy atom. The van der Waals surface area contributed by atoms with Crippen LogP contribution in [0, 0.1) is 0 Å². The van der Waals surface area contributed by atoms with Crippen molar-refractivity contribution in [3.8, 4) is 0 Å². The Labute approximate surface area is 126 Å². The standard InChI is InChI=1S/C15H23N3O2S/c19-21(20,17-10-7-15-6-3-9-16-15)18-11-8-13-4-1-2-5-14(13)12-18/h1-2,4-5,15-17H,3,6-12H2. The molecule has 1 saturated heterocycles. The van der Waals surface area contributed by atoms with Crippen molar-refractivity contribution in [2.45, 2.75) is 38.3 Å². The van der Waals surface area contributed by atoms with E-state index in [1.54, 1.807) is 4.31 Å². The van der Waals surface area contributed by atoms with Gasteiger partial charge < -0.3 is 5.32 Å². The molecule has 1 aromatic rings. The first kappa shape index (κ1) is 15.0. The molecule has 3 rings (SSSR count). The third-order valence-corrected chi connectivity index (χ3v) is 5.94. The van der Waals surface area contributed by atoms with Crippen LogP contribution in [0.5, 0.6) is 0 Å². The molecule has 0 spiro atoms. The lowest BCUT2D eigenvalue weighted by molar-refractivity contribution is 0.382. The Bertz CT molecular complexity index is 582. The maximum absolute atomic E-state index is 12.4. The SMILES string of the molecule is O=S(=O)(NCCC1CCCN1)N1CCc2ccccc2C1. The van der Waals surface area contributed by atoms with E-state index in [-0.39, 0.29) is 0 Å². The Balaban J connectivity index is 1.55. The van der Waals surface area contributed by atoms with Crippen LogP contribution < -0.4 is 10.0 Å². The van der Waals surface area contributed by atoms with Crippen LogP contribution in [-0.2, 0) is 23.2 Å². The average Bonchev–Trinajstić information content (AvgIpc) is 3.00. The predicted octanol–water partition coefficient (Wildman–Crippen LogP) is 1.02. The number of rotatable bonds is 5. The third-order valence-electron chi connectivity index (χ3n) is 4.38. The van der Waals surface area contributed by atoms with Gasteiger partial charge in [-0.15, -0.1) is 0 Å². The highest BCUT2D eigenvalue weighted by Crippen LogP contribution is 2.20.